The maximum absolute atomic E-state index is 12.2. The standard InChI is InChI=1S/C15H23N5O2/c1-4-18(5-2)15(22)13-6-7-14(17-16-13)20-10-8-19(9-11-20)12(3)21/h6-7H,4-5,8-11H2,1-3H3. The SMILES string of the molecule is CCN(CC)C(=O)c1ccc(N2CCN(C(C)=O)CC2)nn1. The van der Waals surface area contributed by atoms with Crippen LogP contribution in [0.15, 0.2) is 12.1 Å². The van der Waals surface area contributed by atoms with Crippen molar-refractivity contribution in [3.8, 4) is 0 Å². The summed E-state index contributed by atoms with van der Waals surface area (Å²) < 4.78 is 0. The predicted octanol–water partition coefficient (Wildman–Crippen LogP) is 0.627. The molecule has 2 heterocycles. The first-order valence-electron chi connectivity index (χ1n) is 7.70. The number of hydrogen-bond acceptors (Lipinski definition) is 5. The van der Waals surface area contributed by atoms with Gasteiger partial charge < -0.3 is 14.7 Å². The number of hydrogen-bond donors (Lipinski definition) is 0. The molecule has 0 aliphatic carbocycles. The Hall–Kier alpha value is -2.18. The molecule has 0 bridgehead atoms. The van der Waals surface area contributed by atoms with E-state index in [1.807, 2.05) is 24.8 Å². The molecule has 2 rings (SSSR count). The van der Waals surface area contributed by atoms with Crippen LogP contribution < -0.4 is 4.90 Å². The summed E-state index contributed by atoms with van der Waals surface area (Å²) in [6, 6.07) is 3.55. The van der Waals surface area contributed by atoms with E-state index in [1.54, 1.807) is 17.9 Å². The van der Waals surface area contributed by atoms with Crippen molar-refractivity contribution in [3.63, 3.8) is 0 Å². The number of carbonyl (C=O) groups excluding carboxylic acids is 2. The van der Waals surface area contributed by atoms with Crippen molar-refractivity contribution < 1.29 is 9.59 Å². The van der Waals surface area contributed by atoms with Crippen molar-refractivity contribution in [2.24, 2.45) is 0 Å². The van der Waals surface area contributed by atoms with Crippen molar-refractivity contribution in [2.75, 3.05) is 44.2 Å². The Balaban J connectivity index is 2.01. The normalized spacial score (nSPS) is 14.9. The molecule has 7 heteroatoms. The lowest BCUT2D eigenvalue weighted by atomic mass is 10.3. The zero-order valence-corrected chi connectivity index (χ0v) is 13.4. The number of amides is 2. The van der Waals surface area contributed by atoms with Gasteiger partial charge in [-0.05, 0) is 26.0 Å². The highest BCUT2D eigenvalue weighted by Crippen LogP contribution is 2.13. The van der Waals surface area contributed by atoms with Crippen LogP contribution in [0.1, 0.15) is 31.3 Å². The van der Waals surface area contributed by atoms with Crippen LogP contribution in [-0.4, -0.2) is 71.1 Å². The first-order valence-corrected chi connectivity index (χ1v) is 7.70. The van der Waals surface area contributed by atoms with Crippen molar-refractivity contribution in [2.45, 2.75) is 20.8 Å². The van der Waals surface area contributed by atoms with Crippen molar-refractivity contribution >= 4 is 17.6 Å². The van der Waals surface area contributed by atoms with Gasteiger partial charge in [0.15, 0.2) is 11.5 Å². The van der Waals surface area contributed by atoms with Gasteiger partial charge in [0.1, 0.15) is 0 Å². The van der Waals surface area contributed by atoms with E-state index in [0.29, 0.717) is 31.9 Å². The molecule has 1 fully saturated rings. The molecular weight excluding hydrogens is 282 g/mol. The molecule has 0 radical (unpaired) electrons. The fourth-order valence-corrected chi connectivity index (χ4v) is 2.53. The number of nitrogens with zero attached hydrogens (tertiary/aromatic N) is 5. The minimum Gasteiger partial charge on any atom is -0.352 e. The van der Waals surface area contributed by atoms with Crippen LogP contribution in [0.2, 0.25) is 0 Å². The first kappa shape index (κ1) is 16.2. The van der Waals surface area contributed by atoms with Gasteiger partial charge in [-0.2, -0.15) is 0 Å². The lowest BCUT2D eigenvalue weighted by molar-refractivity contribution is -0.129. The molecule has 0 atom stereocenters. The molecule has 1 aliphatic rings. The molecule has 22 heavy (non-hydrogen) atoms. The topological polar surface area (TPSA) is 69.6 Å². The fraction of sp³-hybridized carbons (Fsp3) is 0.600. The molecule has 120 valence electrons. The van der Waals surface area contributed by atoms with Crippen molar-refractivity contribution in [1.82, 2.24) is 20.0 Å². The third-order valence-corrected chi connectivity index (χ3v) is 3.97. The van der Waals surface area contributed by atoms with Gasteiger partial charge in [-0.3, -0.25) is 9.59 Å². The van der Waals surface area contributed by atoms with E-state index in [0.717, 1.165) is 18.9 Å². The van der Waals surface area contributed by atoms with Crippen molar-refractivity contribution in [3.05, 3.63) is 17.8 Å². The maximum Gasteiger partial charge on any atom is 0.274 e. The molecule has 0 unspecified atom stereocenters. The molecule has 0 aromatic carbocycles. The Kier molecular flexibility index (Phi) is 5.30. The lowest BCUT2D eigenvalue weighted by Crippen LogP contribution is -2.48. The zero-order chi connectivity index (χ0) is 16.1. The number of anilines is 1. The average molecular weight is 305 g/mol. The van der Waals surface area contributed by atoms with Gasteiger partial charge in [-0.25, -0.2) is 0 Å². The summed E-state index contributed by atoms with van der Waals surface area (Å²) in [5.41, 5.74) is 0.370. The quantitative estimate of drug-likeness (QED) is 0.816. The van der Waals surface area contributed by atoms with E-state index in [2.05, 4.69) is 15.1 Å². The third-order valence-electron chi connectivity index (χ3n) is 3.97. The van der Waals surface area contributed by atoms with Gasteiger partial charge in [0.2, 0.25) is 5.91 Å². The third kappa shape index (κ3) is 3.52. The molecule has 0 spiro atoms. The van der Waals surface area contributed by atoms with E-state index >= 15 is 0 Å². The maximum atomic E-state index is 12.2. The van der Waals surface area contributed by atoms with Crippen LogP contribution in [0.4, 0.5) is 5.82 Å². The summed E-state index contributed by atoms with van der Waals surface area (Å²) >= 11 is 0. The van der Waals surface area contributed by atoms with Gasteiger partial charge >= 0.3 is 0 Å². The highest BCUT2D eigenvalue weighted by atomic mass is 16.2. The molecule has 7 nitrogen and oxygen atoms in total. The molecule has 1 saturated heterocycles. The second-order valence-corrected chi connectivity index (χ2v) is 5.25. The Morgan fingerprint density at radius 1 is 1.09 bits per heavy atom. The number of aromatic nitrogens is 2. The summed E-state index contributed by atoms with van der Waals surface area (Å²) in [5.74, 6) is 0.760. The van der Waals surface area contributed by atoms with Gasteiger partial charge in [-0.1, -0.05) is 0 Å². The van der Waals surface area contributed by atoms with Gasteiger partial charge in [-0.15, -0.1) is 10.2 Å². The second kappa shape index (κ2) is 7.20. The minimum absolute atomic E-state index is 0.0922. The van der Waals surface area contributed by atoms with Gasteiger partial charge in [0, 0.05) is 46.2 Å². The molecule has 0 saturated carbocycles. The predicted molar refractivity (Wildman–Crippen MR) is 83.8 cm³/mol. The number of rotatable bonds is 4. The summed E-state index contributed by atoms with van der Waals surface area (Å²) in [6.07, 6.45) is 0. The minimum atomic E-state index is -0.0922. The summed E-state index contributed by atoms with van der Waals surface area (Å²) in [5, 5.41) is 8.23. The lowest BCUT2D eigenvalue weighted by Gasteiger charge is -2.34. The molecule has 2 amide bonds. The Labute approximate surface area is 130 Å². The van der Waals surface area contributed by atoms with Crippen LogP contribution in [0, 0.1) is 0 Å². The second-order valence-electron chi connectivity index (χ2n) is 5.25. The molecule has 1 aromatic rings. The Morgan fingerprint density at radius 2 is 1.73 bits per heavy atom. The largest absolute Gasteiger partial charge is 0.352 e. The van der Waals surface area contributed by atoms with Crippen molar-refractivity contribution in [1.29, 1.82) is 0 Å². The Bertz CT molecular complexity index is 519. The highest BCUT2D eigenvalue weighted by molar-refractivity contribution is 5.92. The van der Waals surface area contributed by atoms with Crippen LogP contribution in [-0.2, 0) is 4.79 Å². The van der Waals surface area contributed by atoms with Crippen LogP contribution in [0.25, 0.3) is 0 Å². The van der Waals surface area contributed by atoms with E-state index < -0.39 is 0 Å². The highest BCUT2D eigenvalue weighted by Gasteiger charge is 2.20. The zero-order valence-electron chi connectivity index (χ0n) is 13.4. The number of piperazine rings is 1. The van der Waals surface area contributed by atoms with Crippen LogP contribution in [0.5, 0.6) is 0 Å². The Morgan fingerprint density at radius 3 is 2.18 bits per heavy atom. The molecule has 0 N–H and O–H groups in total. The van der Waals surface area contributed by atoms with E-state index in [-0.39, 0.29) is 11.8 Å². The smallest absolute Gasteiger partial charge is 0.274 e. The van der Waals surface area contributed by atoms with Gasteiger partial charge in [0.05, 0.1) is 0 Å². The fourth-order valence-electron chi connectivity index (χ4n) is 2.53. The molecule has 1 aliphatic heterocycles. The van der Waals surface area contributed by atoms with E-state index in [1.165, 1.54) is 0 Å². The molecule has 1 aromatic heterocycles. The number of carbonyl (C=O) groups is 2. The summed E-state index contributed by atoms with van der Waals surface area (Å²) in [4.78, 5) is 29.1. The van der Waals surface area contributed by atoms with Gasteiger partial charge in [0.25, 0.3) is 5.91 Å². The summed E-state index contributed by atoms with van der Waals surface area (Å²) in [6.45, 7) is 9.64. The van der Waals surface area contributed by atoms with E-state index in [9.17, 15) is 9.59 Å². The van der Waals surface area contributed by atoms with Crippen LogP contribution in [0.3, 0.4) is 0 Å². The van der Waals surface area contributed by atoms with Crippen LogP contribution >= 0.6 is 0 Å². The molecular formula is C15H23N5O2. The first-order chi connectivity index (χ1) is 10.6. The van der Waals surface area contributed by atoms with E-state index in [4.69, 9.17) is 0 Å². The average Bonchev–Trinajstić information content (AvgIpc) is 2.56. The monoisotopic (exact) mass is 305 g/mol. The summed E-state index contributed by atoms with van der Waals surface area (Å²) in [7, 11) is 0.